The SMILES string of the molecule is COc1ccc(C(OC[C@@]23CN(C(NC(=O)O)N(CC[Si](C)(C)C)C(=O)O)[C@@H]([C@H](n4cnc5c(OC(=O)N(c6ccccc6)c6ccccc6)nc(NC(=O)C(C)C)nc54)O2)[C@@H]3OP(OCCC#N)N(C(C)C)C(C)C)(c2ccccc2)c2ccc(OC)cc2)cc1. The molecule has 0 spiro atoms. The summed E-state index contributed by atoms with van der Waals surface area (Å²) in [6.45, 7) is 16.9. The summed E-state index contributed by atoms with van der Waals surface area (Å²) in [7, 11) is -1.07. The first-order chi connectivity index (χ1) is 44.0. The Balaban J connectivity index is 1.32. The lowest BCUT2D eigenvalue weighted by molar-refractivity contribution is -0.187. The van der Waals surface area contributed by atoms with Crippen molar-refractivity contribution in [2.75, 3.05) is 50.7 Å². The number of carbonyl (C=O) groups excluding carboxylic acids is 2. The number of carboxylic acid groups (broad SMARTS) is 2. The average Bonchev–Trinajstić information content (AvgIpc) is 1.52. The van der Waals surface area contributed by atoms with E-state index in [1.807, 2.05) is 123 Å². The maximum atomic E-state index is 14.9. The normalized spacial score (nSPS) is 18.0. The molecule has 4 heterocycles. The minimum absolute atomic E-state index is 0.0101. The predicted octanol–water partition coefficient (Wildman–Crippen LogP) is 12.3. The van der Waals surface area contributed by atoms with Crippen molar-refractivity contribution < 1.29 is 62.1 Å². The van der Waals surface area contributed by atoms with E-state index in [2.05, 4.69) is 41.3 Å². The van der Waals surface area contributed by atoms with Crippen molar-refractivity contribution in [2.45, 2.75) is 122 Å². The number of fused-ring (bicyclic) bond motifs is 3. The standard InChI is InChI=1S/C66H80N11O13PSi/c1-43(2)57(78)70-60-69-56-53(58(71-60)88-64(83)76(49-24-17-13-18-25-49)50-26-19-14-20-27-50)68-42-75(56)59-54-55(90-91(87-38-21-36-67)77(44(3)4)45(5)6)65(89-59,40-74(54)61(72-62(79)80)73(63(81)82)37-39-92(9,10)11)41-86-66(46-22-15-12-16-23-46,47-28-32-51(84-7)33-29-47)48-30-34-52(85-8)35-31-48/h12-20,22-35,42-45,54-55,59,61,72H,21,37-41H2,1-11H3,(H,79,80)(H,81,82)(H,69,70,71,78)/t54-,55+,59-,61?,65-,91?/m1/s1. The lowest BCUT2D eigenvalue weighted by Gasteiger charge is -2.45. The molecule has 26 heteroatoms. The summed E-state index contributed by atoms with van der Waals surface area (Å²) < 4.78 is 51.0. The Labute approximate surface area is 537 Å². The number of benzene rings is 5. The molecule has 2 unspecified atom stereocenters. The molecule has 2 aromatic heterocycles. The van der Waals surface area contributed by atoms with Gasteiger partial charge in [-0.25, -0.2) is 28.9 Å². The first kappa shape index (κ1) is 67.8. The minimum Gasteiger partial charge on any atom is -0.497 e. The number of nitrogens with one attached hydrogen (secondary N) is 2. The summed E-state index contributed by atoms with van der Waals surface area (Å²) in [5.41, 5.74) is -0.370. The third kappa shape index (κ3) is 14.8. The Morgan fingerprint density at radius 3 is 1.86 bits per heavy atom. The van der Waals surface area contributed by atoms with E-state index in [1.165, 1.54) is 11.2 Å². The molecule has 2 aliphatic heterocycles. The highest BCUT2D eigenvalue weighted by molar-refractivity contribution is 7.44. The maximum absolute atomic E-state index is 14.9. The van der Waals surface area contributed by atoms with Gasteiger partial charge in [-0.3, -0.25) is 29.8 Å². The first-order valence-electron chi connectivity index (χ1n) is 30.4. The van der Waals surface area contributed by atoms with Crippen LogP contribution >= 0.6 is 8.53 Å². The molecule has 7 aromatic rings. The van der Waals surface area contributed by atoms with Crippen molar-refractivity contribution >= 4 is 69.3 Å². The topological polar surface area (TPSA) is 278 Å². The van der Waals surface area contributed by atoms with E-state index in [0.29, 0.717) is 45.6 Å². The Morgan fingerprint density at radius 2 is 1.36 bits per heavy atom. The van der Waals surface area contributed by atoms with E-state index in [9.17, 15) is 34.7 Å². The van der Waals surface area contributed by atoms with Crippen molar-refractivity contribution in [1.29, 1.82) is 5.26 Å². The molecular weight excluding hydrogens is 1210 g/mol. The number of aromatic nitrogens is 4. The number of likely N-dealkylation sites (tertiary alicyclic amines) is 1. The summed E-state index contributed by atoms with van der Waals surface area (Å²) in [6, 6.07) is 43.2. The van der Waals surface area contributed by atoms with E-state index >= 15 is 0 Å². The van der Waals surface area contributed by atoms with Gasteiger partial charge in [-0.2, -0.15) is 15.2 Å². The zero-order valence-electron chi connectivity index (χ0n) is 53.5. The number of hydrogen-bond donors (Lipinski definition) is 4. The van der Waals surface area contributed by atoms with Crippen LogP contribution in [0.2, 0.25) is 25.7 Å². The van der Waals surface area contributed by atoms with Crippen molar-refractivity contribution in [2.24, 2.45) is 5.92 Å². The average molecular weight is 1290 g/mol. The van der Waals surface area contributed by atoms with E-state index in [-0.39, 0.29) is 67.8 Å². The third-order valence-corrected chi connectivity index (χ3v) is 19.7. The lowest BCUT2D eigenvalue weighted by atomic mass is 9.79. The Hall–Kier alpha value is -8.57. The fraction of sp³-hybridized carbons (Fsp3) is 0.394. The van der Waals surface area contributed by atoms with E-state index < -0.39 is 82.6 Å². The number of morpholine rings is 1. The molecule has 4 amide bonds. The number of amides is 4. The van der Waals surface area contributed by atoms with Crippen molar-refractivity contribution in [3.8, 4) is 23.4 Å². The van der Waals surface area contributed by atoms with Gasteiger partial charge in [0.2, 0.25) is 11.9 Å². The molecule has 9 rings (SSSR count). The molecule has 2 aliphatic rings. The molecule has 92 heavy (non-hydrogen) atoms. The summed E-state index contributed by atoms with van der Waals surface area (Å²) in [6.07, 6.45) is -6.64. The van der Waals surface area contributed by atoms with Gasteiger partial charge in [0.15, 0.2) is 23.7 Å². The Morgan fingerprint density at radius 1 is 0.804 bits per heavy atom. The number of hydrogen-bond acceptors (Lipinski definition) is 17. The Kier molecular flexibility index (Phi) is 21.6. The van der Waals surface area contributed by atoms with Gasteiger partial charge in [-0.15, -0.1) is 0 Å². The van der Waals surface area contributed by atoms with Crippen LogP contribution in [0.4, 0.5) is 31.7 Å². The van der Waals surface area contributed by atoms with E-state index in [0.717, 1.165) is 4.90 Å². The number of methoxy groups -OCH3 is 2. The molecule has 0 saturated carbocycles. The van der Waals surface area contributed by atoms with Crippen molar-refractivity contribution in [3.05, 3.63) is 163 Å². The van der Waals surface area contributed by atoms with Crippen LogP contribution in [0.25, 0.3) is 11.2 Å². The number of rotatable bonds is 28. The minimum atomic E-state index is -2.18. The second-order valence-corrected chi connectivity index (χ2v) is 31.4. The van der Waals surface area contributed by atoms with Gasteiger partial charge in [-0.1, -0.05) is 124 Å². The van der Waals surface area contributed by atoms with Crippen LogP contribution in [0.5, 0.6) is 17.4 Å². The molecule has 2 saturated heterocycles. The van der Waals surface area contributed by atoms with Gasteiger partial charge in [0.25, 0.3) is 14.4 Å². The summed E-state index contributed by atoms with van der Waals surface area (Å²) in [5.74, 6) is -0.479. The highest BCUT2D eigenvalue weighted by Crippen LogP contribution is 2.58. The van der Waals surface area contributed by atoms with Crippen LogP contribution in [0.15, 0.2) is 146 Å². The summed E-state index contributed by atoms with van der Waals surface area (Å²) >= 11 is 0. The number of nitrogens with zero attached hydrogens (tertiary/aromatic N) is 9. The van der Waals surface area contributed by atoms with Gasteiger partial charge >= 0.3 is 18.3 Å². The molecule has 5 aromatic carbocycles. The smallest absolute Gasteiger partial charge is 0.425 e. The first-order valence-corrected chi connectivity index (χ1v) is 35.2. The van der Waals surface area contributed by atoms with Crippen LogP contribution < -0.4 is 29.7 Å². The zero-order valence-corrected chi connectivity index (χ0v) is 55.4. The molecular formula is C66H80N11O13PSi. The van der Waals surface area contributed by atoms with Gasteiger partial charge in [0, 0.05) is 39.2 Å². The van der Waals surface area contributed by atoms with Crippen molar-refractivity contribution in [3.63, 3.8) is 0 Å². The number of imidazole rings is 1. The van der Waals surface area contributed by atoms with Crippen LogP contribution in [0, 0.1) is 17.2 Å². The maximum Gasteiger partial charge on any atom is 0.425 e. The second-order valence-electron chi connectivity index (χ2n) is 24.4. The molecule has 24 nitrogen and oxygen atoms in total. The third-order valence-electron chi connectivity index (χ3n) is 15.9. The van der Waals surface area contributed by atoms with Gasteiger partial charge < -0.3 is 42.9 Å². The fourth-order valence-corrected chi connectivity index (χ4v) is 14.3. The number of ether oxygens (including phenoxy) is 5. The van der Waals surface area contributed by atoms with Crippen LogP contribution in [-0.2, 0) is 28.9 Å². The van der Waals surface area contributed by atoms with Gasteiger partial charge in [0.05, 0.1) is 63.7 Å². The molecule has 486 valence electrons. The fourth-order valence-electron chi connectivity index (χ4n) is 11.5. The van der Waals surface area contributed by atoms with E-state index in [4.69, 9.17) is 42.7 Å². The monoisotopic (exact) mass is 1290 g/mol. The van der Waals surface area contributed by atoms with Crippen molar-refractivity contribution in [1.82, 2.24) is 39.3 Å². The summed E-state index contributed by atoms with van der Waals surface area (Å²) in [5, 5.41) is 37.6. The number of carbonyl (C=O) groups is 4. The van der Waals surface area contributed by atoms with Crippen LogP contribution in [-0.4, -0.2) is 153 Å². The lowest BCUT2D eigenvalue weighted by Crippen LogP contribution is -2.64. The molecule has 0 radical (unpaired) electrons. The highest BCUT2D eigenvalue weighted by atomic mass is 31.2. The molecule has 4 N–H and O–H groups in total. The molecule has 2 fully saturated rings. The number of para-hydroxylation sites is 2. The van der Waals surface area contributed by atoms with Gasteiger partial charge in [0.1, 0.15) is 28.8 Å². The van der Waals surface area contributed by atoms with E-state index in [1.54, 1.807) is 86.1 Å². The summed E-state index contributed by atoms with van der Waals surface area (Å²) in [4.78, 5) is 74.5. The number of nitriles is 1. The van der Waals surface area contributed by atoms with Crippen LogP contribution in [0.3, 0.4) is 0 Å². The highest BCUT2D eigenvalue weighted by Gasteiger charge is 2.69. The molecule has 2 bridgehead atoms. The quantitative estimate of drug-likeness (QED) is 0.0117. The van der Waals surface area contributed by atoms with Crippen LogP contribution in [0.1, 0.15) is 70.9 Å². The molecule has 6 atom stereocenters. The largest absolute Gasteiger partial charge is 0.497 e. The Bertz CT molecular complexity index is 3600. The second kappa shape index (κ2) is 29.4. The molecule has 0 aliphatic carbocycles. The predicted molar refractivity (Wildman–Crippen MR) is 349 cm³/mol. The number of anilines is 3. The zero-order chi connectivity index (χ0) is 66.1. The van der Waals surface area contributed by atoms with Gasteiger partial charge in [-0.05, 0) is 99.0 Å².